The van der Waals surface area contributed by atoms with Crippen molar-refractivity contribution in [3.63, 3.8) is 0 Å². The number of anilines is 1. The molecule has 0 aliphatic carbocycles. The third kappa shape index (κ3) is 2.98. The van der Waals surface area contributed by atoms with Crippen LogP contribution in [0.1, 0.15) is 44.7 Å². The highest BCUT2D eigenvalue weighted by atomic mass is 16.5. The van der Waals surface area contributed by atoms with Crippen LogP contribution >= 0.6 is 0 Å². The van der Waals surface area contributed by atoms with E-state index in [0.29, 0.717) is 17.7 Å². The molecular formula is C16H22N2O. The largest absolute Gasteiger partial charge is 0.381 e. The molecule has 2 aromatic rings. The van der Waals surface area contributed by atoms with Crippen LogP contribution in [0.3, 0.4) is 0 Å². The second-order valence-electron chi connectivity index (χ2n) is 5.75. The Hall–Kier alpha value is -1.77. The molecule has 19 heavy (non-hydrogen) atoms. The van der Waals surface area contributed by atoms with Crippen molar-refractivity contribution in [3.05, 3.63) is 35.4 Å². The third-order valence-corrected chi connectivity index (χ3v) is 3.27. The maximum absolute atomic E-state index is 5.90. The number of nitrogens with zero attached hydrogens (tertiary/aromatic N) is 1. The molecule has 0 fully saturated rings. The van der Waals surface area contributed by atoms with E-state index >= 15 is 0 Å². The molecule has 102 valence electrons. The molecule has 0 bridgehead atoms. The van der Waals surface area contributed by atoms with Gasteiger partial charge in [0.15, 0.2) is 11.6 Å². The van der Waals surface area contributed by atoms with E-state index in [1.165, 1.54) is 5.56 Å². The fourth-order valence-corrected chi connectivity index (χ4v) is 2.17. The maximum atomic E-state index is 5.90. The molecule has 3 heteroatoms. The smallest absolute Gasteiger partial charge is 0.172 e. The van der Waals surface area contributed by atoms with Gasteiger partial charge in [0.25, 0.3) is 0 Å². The first-order valence-corrected chi connectivity index (χ1v) is 6.83. The van der Waals surface area contributed by atoms with Crippen LogP contribution in [0.15, 0.2) is 28.8 Å². The highest BCUT2D eigenvalue weighted by molar-refractivity contribution is 5.66. The van der Waals surface area contributed by atoms with Crippen LogP contribution in [0.2, 0.25) is 0 Å². The summed E-state index contributed by atoms with van der Waals surface area (Å²) in [4.78, 5) is 0. The maximum Gasteiger partial charge on any atom is 0.172 e. The molecule has 3 nitrogen and oxygen atoms in total. The monoisotopic (exact) mass is 258 g/mol. The van der Waals surface area contributed by atoms with E-state index in [1.54, 1.807) is 0 Å². The number of aromatic nitrogens is 1. The molecule has 0 saturated heterocycles. The predicted molar refractivity (Wildman–Crippen MR) is 79.0 cm³/mol. The Bertz CT molecular complexity index is 538. The number of nitrogen functional groups attached to an aromatic ring is 1. The summed E-state index contributed by atoms with van der Waals surface area (Å²) in [6.45, 7) is 8.70. The van der Waals surface area contributed by atoms with Crippen molar-refractivity contribution >= 4 is 5.82 Å². The van der Waals surface area contributed by atoms with Crippen molar-refractivity contribution in [1.29, 1.82) is 0 Å². The van der Waals surface area contributed by atoms with Gasteiger partial charge in [0.1, 0.15) is 0 Å². The molecule has 2 N–H and O–H groups in total. The van der Waals surface area contributed by atoms with Gasteiger partial charge in [-0.15, -0.1) is 0 Å². The van der Waals surface area contributed by atoms with E-state index in [4.69, 9.17) is 10.3 Å². The number of rotatable bonds is 4. The first-order chi connectivity index (χ1) is 8.99. The minimum Gasteiger partial charge on any atom is -0.381 e. The molecule has 0 saturated carbocycles. The van der Waals surface area contributed by atoms with E-state index in [1.807, 2.05) is 0 Å². The Morgan fingerprint density at radius 3 is 2.26 bits per heavy atom. The molecule has 0 atom stereocenters. The predicted octanol–water partition coefficient (Wildman–Crippen LogP) is 4.25. The molecule has 1 aromatic carbocycles. The third-order valence-electron chi connectivity index (χ3n) is 3.27. The van der Waals surface area contributed by atoms with E-state index in [-0.39, 0.29) is 0 Å². The van der Waals surface area contributed by atoms with Gasteiger partial charge in [-0.05, 0) is 23.8 Å². The fraction of sp³-hybridized carbons (Fsp3) is 0.438. The lowest BCUT2D eigenvalue weighted by molar-refractivity contribution is 0.434. The molecule has 0 aliphatic heterocycles. The molecule has 0 aliphatic rings. The van der Waals surface area contributed by atoms with Gasteiger partial charge in [0.2, 0.25) is 0 Å². The van der Waals surface area contributed by atoms with Gasteiger partial charge in [0, 0.05) is 11.1 Å². The number of hydrogen-bond acceptors (Lipinski definition) is 3. The highest BCUT2D eigenvalue weighted by Crippen LogP contribution is 2.30. The van der Waals surface area contributed by atoms with Crippen molar-refractivity contribution in [2.24, 2.45) is 5.92 Å². The van der Waals surface area contributed by atoms with Crippen LogP contribution in [-0.2, 0) is 6.42 Å². The number of nitrogens with two attached hydrogens (primary N) is 1. The average molecular weight is 258 g/mol. The zero-order chi connectivity index (χ0) is 14.0. The molecule has 2 rings (SSSR count). The molecule has 1 aromatic heterocycles. The van der Waals surface area contributed by atoms with Gasteiger partial charge in [-0.2, -0.15) is 0 Å². The van der Waals surface area contributed by atoms with E-state index < -0.39 is 0 Å². The van der Waals surface area contributed by atoms with Crippen molar-refractivity contribution in [1.82, 2.24) is 5.16 Å². The summed E-state index contributed by atoms with van der Waals surface area (Å²) in [6.07, 6.45) is 0.886. The molecule has 0 radical (unpaired) electrons. The zero-order valence-electron chi connectivity index (χ0n) is 12.1. The van der Waals surface area contributed by atoms with Gasteiger partial charge in [-0.1, -0.05) is 57.1 Å². The van der Waals surface area contributed by atoms with Crippen LogP contribution in [0, 0.1) is 5.92 Å². The topological polar surface area (TPSA) is 52.0 Å². The standard InChI is InChI=1S/C16H22N2O/c1-10(2)9-14-15(19-18-16(14)17)13-7-5-12(6-8-13)11(3)4/h5-8,10-11H,9H2,1-4H3,(H2,17,18). The number of hydrogen-bond donors (Lipinski definition) is 1. The minimum atomic E-state index is 0.511. The van der Waals surface area contributed by atoms with Crippen molar-refractivity contribution in [2.75, 3.05) is 5.73 Å². The van der Waals surface area contributed by atoms with Crippen molar-refractivity contribution in [3.8, 4) is 11.3 Å². The summed E-state index contributed by atoms with van der Waals surface area (Å²) in [6, 6.07) is 8.44. The Morgan fingerprint density at radius 2 is 1.74 bits per heavy atom. The molecule has 0 unspecified atom stereocenters. The zero-order valence-corrected chi connectivity index (χ0v) is 12.1. The first kappa shape index (κ1) is 13.7. The van der Waals surface area contributed by atoms with Gasteiger partial charge in [-0.3, -0.25) is 0 Å². The first-order valence-electron chi connectivity index (χ1n) is 6.83. The van der Waals surface area contributed by atoms with Crippen LogP contribution < -0.4 is 5.73 Å². The average Bonchev–Trinajstić information content (AvgIpc) is 2.71. The van der Waals surface area contributed by atoms with Crippen LogP contribution in [-0.4, -0.2) is 5.16 Å². The summed E-state index contributed by atoms with van der Waals surface area (Å²) in [5.41, 5.74) is 9.29. The quantitative estimate of drug-likeness (QED) is 0.892. The summed E-state index contributed by atoms with van der Waals surface area (Å²) in [5, 5.41) is 3.91. The van der Waals surface area contributed by atoms with Crippen LogP contribution in [0.25, 0.3) is 11.3 Å². The summed E-state index contributed by atoms with van der Waals surface area (Å²) in [7, 11) is 0. The molecular weight excluding hydrogens is 236 g/mol. The Labute approximate surface area is 114 Å². The normalized spacial score (nSPS) is 11.5. The summed E-state index contributed by atoms with van der Waals surface area (Å²) in [5.74, 6) is 2.37. The number of benzene rings is 1. The fourth-order valence-electron chi connectivity index (χ4n) is 2.17. The van der Waals surface area contributed by atoms with Gasteiger partial charge in [0.05, 0.1) is 0 Å². The Morgan fingerprint density at radius 1 is 1.11 bits per heavy atom. The second-order valence-corrected chi connectivity index (χ2v) is 5.75. The second kappa shape index (κ2) is 5.47. The lowest BCUT2D eigenvalue weighted by Crippen LogP contribution is -1.99. The SMILES string of the molecule is CC(C)Cc1c(N)noc1-c1ccc(C(C)C)cc1. The van der Waals surface area contributed by atoms with E-state index in [2.05, 4.69) is 57.1 Å². The molecule has 0 spiro atoms. The molecule has 0 amide bonds. The Balaban J connectivity index is 2.36. The lowest BCUT2D eigenvalue weighted by atomic mass is 9.97. The van der Waals surface area contributed by atoms with E-state index in [9.17, 15) is 0 Å². The minimum absolute atomic E-state index is 0.511. The van der Waals surface area contributed by atoms with Gasteiger partial charge >= 0.3 is 0 Å². The highest BCUT2D eigenvalue weighted by Gasteiger charge is 2.16. The lowest BCUT2D eigenvalue weighted by Gasteiger charge is -2.07. The van der Waals surface area contributed by atoms with Crippen molar-refractivity contribution in [2.45, 2.75) is 40.0 Å². The van der Waals surface area contributed by atoms with Gasteiger partial charge < -0.3 is 10.3 Å². The summed E-state index contributed by atoms with van der Waals surface area (Å²) < 4.78 is 5.41. The van der Waals surface area contributed by atoms with Crippen molar-refractivity contribution < 1.29 is 4.52 Å². The summed E-state index contributed by atoms with van der Waals surface area (Å²) >= 11 is 0. The Kier molecular flexibility index (Phi) is 3.93. The van der Waals surface area contributed by atoms with Gasteiger partial charge in [-0.25, -0.2) is 0 Å². The van der Waals surface area contributed by atoms with Crippen LogP contribution in [0.5, 0.6) is 0 Å². The molecule has 1 heterocycles. The van der Waals surface area contributed by atoms with Crippen LogP contribution in [0.4, 0.5) is 5.82 Å². The van der Waals surface area contributed by atoms with E-state index in [0.717, 1.165) is 23.3 Å².